The fourth-order valence-corrected chi connectivity index (χ4v) is 5.99. The molecule has 0 unspecified atom stereocenters. The maximum Gasteiger partial charge on any atom is 0.136 e. The van der Waals surface area contributed by atoms with Crippen LogP contribution in [0, 0.1) is 0 Å². The van der Waals surface area contributed by atoms with E-state index in [-0.39, 0.29) is 73.9 Å². The topological polar surface area (TPSA) is 13.1 Å². The maximum absolute atomic E-state index is 9.88. The molecule has 0 bridgehead atoms. The lowest BCUT2D eigenvalue weighted by molar-refractivity contribution is 0.669. The van der Waals surface area contributed by atoms with Gasteiger partial charge in [-0.2, -0.15) is 0 Å². The van der Waals surface area contributed by atoms with Gasteiger partial charge in [-0.1, -0.05) is 151 Å². The molecule has 0 N–H and O–H groups in total. The fourth-order valence-electron chi connectivity index (χ4n) is 5.99. The molecule has 0 spiro atoms. The molecule has 0 aliphatic rings. The Bertz CT molecular complexity index is 3260. The molecular formula is C44H28O. The summed E-state index contributed by atoms with van der Waals surface area (Å²) in [4.78, 5) is 0. The van der Waals surface area contributed by atoms with Gasteiger partial charge in [-0.25, -0.2) is 0 Å². The van der Waals surface area contributed by atoms with Gasteiger partial charge in [-0.15, -0.1) is 0 Å². The highest BCUT2D eigenvalue weighted by atomic mass is 16.3. The fraction of sp³-hybridized carbons (Fsp3) is 0. The van der Waals surface area contributed by atoms with Gasteiger partial charge in [0.15, 0.2) is 0 Å². The average Bonchev–Trinajstić information content (AvgIpc) is 3.67. The highest BCUT2D eigenvalue weighted by Gasteiger charge is 2.21. The highest BCUT2D eigenvalue weighted by molar-refractivity contribution is 6.23. The Kier molecular flexibility index (Phi) is 3.39. The molecule has 8 aromatic carbocycles. The first-order valence-corrected chi connectivity index (χ1v) is 14.2. The van der Waals surface area contributed by atoms with E-state index in [1.807, 2.05) is 0 Å². The van der Waals surface area contributed by atoms with Crippen LogP contribution in [0.1, 0.15) is 20.6 Å². The van der Waals surface area contributed by atoms with E-state index in [2.05, 4.69) is 0 Å². The van der Waals surface area contributed by atoms with Crippen LogP contribution in [0.3, 0.4) is 0 Å². The number of furan rings is 1. The quantitative estimate of drug-likeness (QED) is 0.187. The van der Waals surface area contributed by atoms with Crippen LogP contribution in [-0.4, -0.2) is 0 Å². The van der Waals surface area contributed by atoms with Crippen LogP contribution in [0.25, 0.3) is 88.0 Å². The second-order valence-electron chi connectivity index (χ2n) is 10.5. The van der Waals surface area contributed by atoms with E-state index in [0.717, 1.165) is 0 Å². The van der Waals surface area contributed by atoms with Gasteiger partial charge in [0.1, 0.15) is 11.2 Å². The number of hydrogen-bond acceptors (Lipinski definition) is 1. The third-order valence-corrected chi connectivity index (χ3v) is 7.94. The Balaban J connectivity index is 1.52. The van der Waals surface area contributed by atoms with Crippen LogP contribution >= 0.6 is 0 Å². The summed E-state index contributed by atoms with van der Waals surface area (Å²) in [6.07, 6.45) is 0. The van der Waals surface area contributed by atoms with Gasteiger partial charge >= 0.3 is 0 Å². The largest absolute Gasteiger partial charge is 0.456 e. The summed E-state index contributed by atoms with van der Waals surface area (Å²) in [5.41, 5.74) is -0.161. The SMILES string of the molecule is [2H]c1c([2H])c([2H])c(-c2c(-c3c4ccccc4c(-c4c([2H])c([2H])c(-c5ccccc5)c([2H])c4[2H])c4ccccc34)c([2H])c3oc4c([2H])c([2H])c([2H])c([2H])c4c3c2[2H])c([2H])c1[2H]. The van der Waals surface area contributed by atoms with Crippen molar-refractivity contribution in [3.05, 3.63) is 169 Å². The van der Waals surface area contributed by atoms with Crippen LogP contribution in [0.15, 0.2) is 174 Å². The highest BCUT2D eigenvalue weighted by Crippen LogP contribution is 2.48. The summed E-state index contributed by atoms with van der Waals surface area (Å²) in [7, 11) is 0. The molecule has 0 atom stereocenters. The van der Waals surface area contributed by atoms with Crippen molar-refractivity contribution in [2.24, 2.45) is 0 Å². The van der Waals surface area contributed by atoms with E-state index in [1.54, 1.807) is 78.9 Å². The van der Waals surface area contributed by atoms with Gasteiger partial charge in [0.05, 0.1) is 20.6 Å². The smallest absolute Gasteiger partial charge is 0.136 e. The lowest BCUT2D eigenvalue weighted by Gasteiger charge is -2.20. The standard InChI is InChI=1S/C44H28O/c1-3-13-29(14-4-1)30-23-25-32(26-24-30)43-34-18-7-9-20-36(34)44(37-21-10-8-19-35(37)43)40-28-42-39(33-17-11-12-22-41(33)45-42)27-38(40)31-15-5-2-6-16-31/h1-28H/i2D,5D,6D,11D,12D,15D,16D,17D,22D,23D,24D,25D,26D,27D,28D. The Morgan fingerprint density at radius 2 is 0.933 bits per heavy atom. The number of hydrogen-bond donors (Lipinski definition) is 0. The van der Waals surface area contributed by atoms with Gasteiger partial charge in [0.2, 0.25) is 0 Å². The normalized spacial score (nSPS) is 16.2. The first-order valence-electron chi connectivity index (χ1n) is 21.7. The molecule has 0 saturated carbocycles. The van der Waals surface area contributed by atoms with Gasteiger partial charge in [0, 0.05) is 10.8 Å². The summed E-state index contributed by atoms with van der Waals surface area (Å²) < 4.78 is 141. The first-order chi connectivity index (χ1) is 28.6. The van der Waals surface area contributed by atoms with E-state index in [4.69, 9.17) is 19.5 Å². The van der Waals surface area contributed by atoms with Crippen molar-refractivity contribution in [1.29, 1.82) is 0 Å². The average molecular weight is 588 g/mol. The molecule has 9 aromatic rings. The zero-order valence-electron chi connectivity index (χ0n) is 38.4. The second-order valence-corrected chi connectivity index (χ2v) is 10.5. The second kappa shape index (κ2) is 10.4. The lowest BCUT2D eigenvalue weighted by atomic mass is 9.83. The third-order valence-electron chi connectivity index (χ3n) is 7.94. The van der Waals surface area contributed by atoms with Crippen molar-refractivity contribution in [3.8, 4) is 44.5 Å². The third kappa shape index (κ3) is 4.17. The van der Waals surface area contributed by atoms with Crippen molar-refractivity contribution >= 4 is 43.5 Å². The van der Waals surface area contributed by atoms with Crippen molar-refractivity contribution in [2.45, 2.75) is 0 Å². The number of fused-ring (bicyclic) bond motifs is 5. The molecule has 0 aliphatic carbocycles. The van der Waals surface area contributed by atoms with Gasteiger partial charge < -0.3 is 4.42 Å². The summed E-state index contributed by atoms with van der Waals surface area (Å²) in [6.45, 7) is 0. The molecular weight excluding hydrogens is 544 g/mol. The van der Waals surface area contributed by atoms with Crippen molar-refractivity contribution in [3.63, 3.8) is 0 Å². The summed E-state index contributed by atoms with van der Waals surface area (Å²) in [5.74, 6) is 0. The molecule has 1 heterocycles. The Labute approximate surface area is 282 Å². The molecule has 0 saturated heterocycles. The maximum atomic E-state index is 9.88. The van der Waals surface area contributed by atoms with E-state index in [1.165, 1.54) is 0 Å². The first kappa shape index (κ1) is 14.7. The van der Waals surface area contributed by atoms with Crippen LogP contribution in [0.5, 0.6) is 0 Å². The van der Waals surface area contributed by atoms with E-state index in [0.29, 0.717) is 32.7 Å². The Morgan fingerprint density at radius 1 is 0.356 bits per heavy atom. The Hall–Kier alpha value is -5.92. The molecule has 0 amide bonds. The van der Waals surface area contributed by atoms with E-state index < -0.39 is 72.0 Å². The number of benzene rings is 8. The van der Waals surface area contributed by atoms with Gasteiger partial charge in [-0.3, -0.25) is 0 Å². The van der Waals surface area contributed by atoms with Crippen LogP contribution < -0.4 is 0 Å². The molecule has 1 aromatic heterocycles. The minimum atomic E-state index is -0.700. The van der Waals surface area contributed by atoms with Gasteiger partial charge in [-0.05, 0) is 84.2 Å². The van der Waals surface area contributed by atoms with Crippen molar-refractivity contribution in [2.75, 3.05) is 0 Å². The van der Waals surface area contributed by atoms with Crippen LogP contribution in [0.4, 0.5) is 0 Å². The zero-order chi connectivity index (χ0) is 42.8. The molecule has 45 heavy (non-hydrogen) atoms. The molecule has 1 nitrogen and oxygen atoms in total. The van der Waals surface area contributed by atoms with Crippen molar-refractivity contribution in [1.82, 2.24) is 0 Å². The van der Waals surface area contributed by atoms with Crippen LogP contribution in [0.2, 0.25) is 0 Å². The summed E-state index contributed by atoms with van der Waals surface area (Å²) in [6, 6.07) is 14.6. The predicted molar refractivity (Wildman–Crippen MR) is 190 cm³/mol. The molecule has 9 rings (SSSR count). The summed E-state index contributed by atoms with van der Waals surface area (Å²) in [5, 5.41) is 1.19. The molecule has 0 aliphatic heterocycles. The molecule has 1 heteroatoms. The van der Waals surface area contributed by atoms with Crippen LogP contribution in [-0.2, 0) is 0 Å². The minimum Gasteiger partial charge on any atom is -0.456 e. The Morgan fingerprint density at radius 3 is 1.62 bits per heavy atom. The van der Waals surface area contributed by atoms with Gasteiger partial charge in [0.25, 0.3) is 0 Å². The predicted octanol–water partition coefficient (Wildman–Crippen LogP) is 12.6. The molecule has 210 valence electrons. The molecule has 0 radical (unpaired) electrons. The van der Waals surface area contributed by atoms with Crippen molar-refractivity contribution < 1.29 is 25.0 Å². The number of rotatable bonds is 4. The number of para-hydroxylation sites is 1. The molecule has 0 fully saturated rings. The monoisotopic (exact) mass is 587 g/mol. The minimum absolute atomic E-state index is 0.0119. The van der Waals surface area contributed by atoms with E-state index in [9.17, 15) is 5.48 Å². The zero-order valence-corrected chi connectivity index (χ0v) is 23.4. The summed E-state index contributed by atoms with van der Waals surface area (Å²) >= 11 is 0. The lowest BCUT2D eigenvalue weighted by Crippen LogP contribution is -1.93. The van der Waals surface area contributed by atoms with E-state index >= 15 is 0 Å².